The summed E-state index contributed by atoms with van der Waals surface area (Å²) in [6.07, 6.45) is 0. The number of nitrogens with one attached hydrogen (secondary N) is 1. The van der Waals surface area contributed by atoms with E-state index in [1.54, 1.807) is 6.07 Å². The highest BCUT2D eigenvalue weighted by Crippen LogP contribution is 2.22. The zero-order valence-electron chi connectivity index (χ0n) is 10.0. The zero-order chi connectivity index (χ0) is 13.1. The van der Waals surface area contributed by atoms with Crippen molar-refractivity contribution in [1.29, 1.82) is 0 Å². The van der Waals surface area contributed by atoms with Crippen LogP contribution in [0.25, 0.3) is 10.8 Å². The van der Waals surface area contributed by atoms with Crippen LogP contribution in [0.4, 0.5) is 0 Å². The van der Waals surface area contributed by atoms with Gasteiger partial charge in [-0.25, -0.2) is 0 Å². The Morgan fingerprint density at radius 2 is 1.78 bits per heavy atom. The van der Waals surface area contributed by atoms with Crippen LogP contribution in [0.2, 0.25) is 0 Å². The maximum Gasteiger partial charge on any atom is 0.236 e. The first-order chi connectivity index (χ1) is 8.63. The van der Waals surface area contributed by atoms with Gasteiger partial charge in [0, 0.05) is 7.05 Å². The quantitative estimate of drug-likeness (QED) is 0.793. The van der Waals surface area contributed by atoms with Crippen LogP contribution >= 0.6 is 0 Å². The second kappa shape index (κ2) is 4.87. The van der Waals surface area contributed by atoms with Crippen molar-refractivity contribution in [3.8, 4) is 0 Å². The fourth-order valence-corrected chi connectivity index (χ4v) is 1.98. The molecule has 0 aliphatic rings. The molecule has 92 valence electrons. The summed E-state index contributed by atoms with van der Waals surface area (Å²) < 4.78 is 0. The minimum absolute atomic E-state index is 0.391. The molecule has 0 radical (unpaired) electrons. The molecule has 0 aliphatic carbocycles. The highest BCUT2D eigenvalue weighted by atomic mass is 16.2. The number of fused-ring (bicyclic) bond motifs is 1. The first-order valence-corrected chi connectivity index (χ1v) is 5.63. The fraction of sp³-hybridized carbons (Fsp3) is 0.143. The van der Waals surface area contributed by atoms with E-state index in [0.717, 1.165) is 10.8 Å². The zero-order valence-corrected chi connectivity index (χ0v) is 10.0. The Hall–Kier alpha value is -2.36. The van der Waals surface area contributed by atoms with Crippen LogP contribution in [0.1, 0.15) is 11.5 Å². The molecule has 0 bridgehead atoms. The maximum absolute atomic E-state index is 11.7. The van der Waals surface area contributed by atoms with Crippen LogP contribution in [0, 0.1) is 0 Å². The van der Waals surface area contributed by atoms with E-state index in [-0.39, 0.29) is 0 Å². The summed E-state index contributed by atoms with van der Waals surface area (Å²) in [4.78, 5) is 23.1. The lowest BCUT2D eigenvalue weighted by Crippen LogP contribution is -2.35. The number of benzene rings is 2. The van der Waals surface area contributed by atoms with Gasteiger partial charge in [-0.1, -0.05) is 36.4 Å². The van der Waals surface area contributed by atoms with Crippen molar-refractivity contribution in [3.63, 3.8) is 0 Å². The van der Waals surface area contributed by atoms with E-state index in [1.165, 1.54) is 7.05 Å². The Morgan fingerprint density at radius 1 is 1.11 bits per heavy atom. The first-order valence-electron chi connectivity index (χ1n) is 5.63. The van der Waals surface area contributed by atoms with Gasteiger partial charge in [0.1, 0.15) is 5.92 Å². The van der Waals surface area contributed by atoms with Gasteiger partial charge in [0.05, 0.1) is 0 Å². The van der Waals surface area contributed by atoms with Crippen LogP contribution in [-0.2, 0) is 9.59 Å². The highest BCUT2D eigenvalue weighted by molar-refractivity contribution is 6.05. The van der Waals surface area contributed by atoms with E-state index < -0.39 is 17.7 Å². The predicted molar refractivity (Wildman–Crippen MR) is 70.0 cm³/mol. The second-order valence-corrected chi connectivity index (χ2v) is 4.06. The van der Waals surface area contributed by atoms with Crippen LogP contribution in [-0.4, -0.2) is 18.9 Å². The molecule has 18 heavy (non-hydrogen) atoms. The van der Waals surface area contributed by atoms with Crippen molar-refractivity contribution in [2.75, 3.05) is 7.05 Å². The third-order valence-electron chi connectivity index (χ3n) is 2.90. The highest BCUT2D eigenvalue weighted by Gasteiger charge is 2.25. The molecule has 4 nitrogen and oxygen atoms in total. The van der Waals surface area contributed by atoms with E-state index in [4.69, 9.17) is 5.73 Å². The third-order valence-corrected chi connectivity index (χ3v) is 2.90. The van der Waals surface area contributed by atoms with Gasteiger partial charge in [-0.15, -0.1) is 0 Å². The lowest BCUT2D eigenvalue weighted by Gasteiger charge is -2.12. The van der Waals surface area contributed by atoms with E-state index in [9.17, 15) is 9.59 Å². The van der Waals surface area contributed by atoms with E-state index >= 15 is 0 Å². The van der Waals surface area contributed by atoms with Crippen LogP contribution in [0.3, 0.4) is 0 Å². The average molecular weight is 242 g/mol. The first kappa shape index (κ1) is 12.1. The summed E-state index contributed by atoms with van der Waals surface area (Å²) in [5.74, 6) is -1.98. The standard InChI is InChI=1S/C14H14N2O2/c1-16-14(18)12(13(15)17)11-7-6-9-4-2-3-5-10(9)8-11/h2-8,12H,1H3,(H2,15,17)(H,16,18)/t12-/m0/s1. The predicted octanol–water partition coefficient (Wildman–Crippen LogP) is 1.15. The molecule has 0 fully saturated rings. The summed E-state index contributed by atoms with van der Waals surface area (Å²) in [5.41, 5.74) is 5.90. The van der Waals surface area contributed by atoms with Gasteiger partial charge in [0.25, 0.3) is 0 Å². The van der Waals surface area contributed by atoms with Crippen molar-refractivity contribution in [2.24, 2.45) is 5.73 Å². The van der Waals surface area contributed by atoms with Crippen molar-refractivity contribution in [2.45, 2.75) is 5.92 Å². The average Bonchev–Trinajstić information content (AvgIpc) is 2.38. The molecule has 3 N–H and O–H groups in total. The SMILES string of the molecule is CNC(=O)[C@H](C(N)=O)c1ccc2ccccc2c1. The number of rotatable bonds is 3. The smallest absolute Gasteiger partial charge is 0.236 e. The molecular weight excluding hydrogens is 228 g/mol. The van der Waals surface area contributed by atoms with Gasteiger partial charge >= 0.3 is 0 Å². The van der Waals surface area contributed by atoms with Gasteiger partial charge in [0.15, 0.2) is 0 Å². The number of carbonyl (C=O) groups is 2. The summed E-state index contributed by atoms with van der Waals surface area (Å²) in [7, 11) is 1.49. The van der Waals surface area contributed by atoms with E-state index in [1.807, 2.05) is 36.4 Å². The molecule has 2 aromatic carbocycles. The van der Waals surface area contributed by atoms with Crippen molar-refractivity contribution < 1.29 is 9.59 Å². The molecule has 4 heteroatoms. The monoisotopic (exact) mass is 242 g/mol. The Kier molecular flexibility index (Phi) is 3.28. The molecule has 0 spiro atoms. The Bertz CT molecular complexity index is 608. The van der Waals surface area contributed by atoms with Crippen LogP contribution in [0.5, 0.6) is 0 Å². The van der Waals surface area contributed by atoms with Gasteiger partial charge in [-0.05, 0) is 22.4 Å². The van der Waals surface area contributed by atoms with Crippen LogP contribution in [0.15, 0.2) is 42.5 Å². The maximum atomic E-state index is 11.7. The van der Waals surface area contributed by atoms with E-state index in [2.05, 4.69) is 5.32 Å². The van der Waals surface area contributed by atoms with Gasteiger partial charge in [0.2, 0.25) is 11.8 Å². The topological polar surface area (TPSA) is 72.2 Å². The molecule has 0 aromatic heterocycles. The molecule has 2 amide bonds. The minimum Gasteiger partial charge on any atom is -0.369 e. The number of likely N-dealkylation sites (N-methyl/N-ethyl adjacent to an activating group) is 1. The Balaban J connectivity index is 2.51. The molecule has 0 heterocycles. The molecule has 2 rings (SSSR count). The third kappa shape index (κ3) is 2.18. The second-order valence-electron chi connectivity index (χ2n) is 4.06. The molecule has 0 saturated carbocycles. The number of hydrogen-bond acceptors (Lipinski definition) is 2. The summed E-state index contributed by atoms with van der Waals surface area (Å²) >= 11 is 0. The fourth-order valence-electron chi connectivity index (χ4n) is 1.98. The molecule has 1 atom stereocenters. The number of hydrogen-bond donors (Lipinski definition) is 2. The summed E-state index contributed by atoms with van der Waals surface area (Å²) in [6.45, 7) is 0. The minimum atomic E-state index is -0.945. The number of primary amides is 1. The van der Waals surface area contributed by atoms with Gasteiger partial charge < -0.3 is 11.1 Å². The molecule has 0 unspecified atom stereocenters. The van der Waals surface area contributed by atoms with Crippen molar-refractivity contribution in [3.05, 3.63) is 48.0 Å². The van der Waals surface area contributed by atoms with E-state index in [0.29, 0.717) is 5.56 Å². The lowest BCUT2D eigenvalue weighted by atomic mass is 9.95. The molecule has 2 aromatic rings. The lowest BCUT2D eigenvalue weighted by molar-refractivity contribution is -0.129. The van der Waals surface area contributed by atoms with Gasteiger partial charge in [-0.3, -0.25) is 9.59 Å². The number of amides is 2. The number of carbonyl (C=O) groups excluding carboxylic acids is 2. The van der Waals surface area contributed by atoms with Crippen molar-refractivity contribution >= 4 is 22.6 Å². The summed E-state index contributed by atoms with van der Waals surface area (Å²) in [5, 5.41) is 4.49. The molecule has 0 saturated heterocycles. The summed E-state index contributed by atoms with van der Waals surface area (Å²) in [6, 6.07) is 13.2. The van der Waals surface area contributed by atoms with Crippen LogP contribution < -0.4 is 11.1 Å². The largest absolute Gasteiger partial charge is 0.369 e. The van der Waals surface area contributed by atoms with Crippen molar-refractivity contribution in [1.82, 2.24) is 5.32 Å². The van der Waals surface area contributed by atoms with Gasteiger partial charge in [-0.2, -0.15) is 0 Å². The Labute approximate surface area is 105 Å². The number of nitrogens with two attached hydrogens (primary N) is 1. The normalized spacial score (nSPS) is 12.1. The molecular formula is C14H14N2O2. The molecule has 0 aliphatic heterocycles. The Morgan fingerprint density at radius 3 is 2.39 bits per heavy atom.